The Morgan fingerprint density at radius 1 is 1.29 bits per heavy atom. The summed E-state index contributed by atoms with van der Waals surface area (Å²) in [6.07, 6.45) is 2.37. The van der Waals surface area contributed by atoms with Crippen molar-refractivity contribution in [3.8, 4) is 10.8 Å². The van der Waals surface area contributed by atoms with Gasteiger partial charge in [-0.1, -0.05) is 11.6 Å². The first-order valence-corrected chi connectivity index (χ1v) is 9.46. The molecule has 0 saturated carbocycles. The molecule has 2 saturated heterocycles. The lowest BCUT2D eigenvalue weighted by Gasteiger charge is -2.30. The lowest BCUT2D eigenvalue weighted by molar-refractivity contribution is 0.0909. The highest BCUT2D eigenvalue weighted by molar-refractivity contribution is 7.12. The molecule has 1 N–H and O–H groups in total. The second-order valence-corrected chi connectivity index (χ2v) is 7.84. The number of carbonyl (C=O) groups excluding carboxylic acids is 1. The van der Waals surface area contributed by atoms with E-state index in [9.17, 15) is 4.79 Å². The number of benzene rings is 1. The van der Waals surface area contributed by atoms with E-state index in [0.717, 1.165) is 23.9 Å². The topological polar surface area (TPSA) is 41.6 Å². The number of rotatable bonds is 4. The van der Waals surface area contributed by atoms with Gasteiger partial charge in [-0.05, 0) is 49.6 Å². The molecule has 4 nitrogen and oxygen atoms in total. The molecule has 0 radical (unpaired) electrons. The summed E-state index contributed by atoms with van der Waals surface area (Å²) in [6.45, 7) is 3.35. The maximum Gasteiger partial charge on any atom is 0.251 e. The third-order valence-electron chi connectivity index (χ3n) is 4.68. The Balaban J connectivity index is 1.36. The van der Waals surface area contributed by atoms with Gasteiger partial charge in [-0.15, -0.1) is 11.3 Å². The fraction of sp³-hybridized carbons (Fsp3) is 0.389. The predicted molar refractivity (Wildman–Crippen MR) is 96.3 cm³/mol. The lowest BCUT2D eigenvalue weighted by atomic mass is 9.96. The van der Waals surface area contributed by atoms with Crippen molar-refractivity contribution in [3.05, 3.63) is 46.3 Å². The zero-order valence-electron chi connectivity index (χ0n) is 13.2. The van der Waals surface area contributed by atoms with Gasteiger partial charge in [0.25, 0.3) is 5.91 Å². The molecule has 1 aromatic heterocycles. The van der Waals surface area contributed by atoms with Crippen molar-refractivity contribution in [1.29, 1.82) is 0 Å². The van der Waals surface area contributed by atoms with Crippen LogP contribution in [0.25, 0.3) is 0 Å². The molecule has 2 fully saturated rings. The van der Waals surface area contributed by atoms with Crippen LogP contribution in [0.3, 0.4) is 0 Å². The number of carbonyl (C=O) groups is 1. The number of nitrogens with one attached hydrogen (secondary N) is 1. The van der Waals surface area contributed by atoms with Crippen LogP contribution in [0, 0.1) is 5.92 Å². The van der Waals surface area contributed by atoms with E-state index >= 15 is 0 Å². The third-order valence-corrected chi connectivity index (χ3v) is 5.83. The van der Waals surface area contributed by atoms with E-state index in [-0.39, 0.29) is 11.9 Å². The van der Waals surface area contributed by atoms with Crippen molar-refractivity contribution in [2.75, 3.05) is 19.6 Å². The van der Waals surface area contributed by atoms with Crippen molar-refractivity contribution in [2.24, 2.45) is 5.92 Å². The number of fused-ring (bicyclic) bond motifs is 2. The summed E-state index contributed by atoms with van der Waals surface area (Å²) in [5, 5.41) is 6.41. The van der Waals surface area contributed by atoms with E-state index in [2.05, 4.69) is 10.2 Å². The molecule has 0 aliphatic carbocycles. The zero-order chi connectivity index (χ0) is 16.5. The second kappa shape index (κ2) is 6.75. The Labute approximate surface area is 150 Å². The zero-order valence-corrected chi connectivity index (χ0v) is 14.8. The first-order valence-electron chi connectivity index (χ1n) is 8.21. The van der Waals surface area contributed by atoms with Crippen LogP contribution in [0.5, 0.6) is 10.8 Å². The second-order valence-electron chi connectivity index (χ2n) is 6.53. The number of piperidine rings is 1. The molecule has 126 valence electrons. The van der Waals surface area contributed by atoms with Gasteiger partial charge in [-0.2, -0.15) is 0 Å². The summed E-state index contributed by atoms with van der Waals surface area (Å²) >= 11 is 7.33. The van der Waals surface area contributed by atoms with Gasteiger partial charge >= 0.3 is 0 Å². The molecule has 1 amide bonds. The Morgan fingerprint density at radius 3 is 2.83 bits per heavy atom. The van der Waals surface area contributed by atoms with Crippen LogP contribution in [0.4, 0.5) is 0 Å². The highest BCUT2D eigenvalue weighted by Crippen LogP contribution is 2.31. The van der Waals surface area contributed by atoms with Gasteiger partial charge in [0.2, 0.25) is 0 Å². The molecule has 3 atom stereocenters. The maximum atomic E-state index is 12.4. The fourth-order valence-electron chi connectivity index (χ4n) is 3.57. The predicted octanol–water partition coefficient (Wildman–Crippen LogP) is 4.02. The Hall–Kier alpha value is -1.56. The highest BCUT2D eigenvalue weighted by Gasteiger charge is 2.32. The number of thiophene rings is 1. The van der Waals surface area contributed by atoms with E-state index in [1.54, 1.807) is 18.2 Å². The third kappa shape index (κ3) is 3.58. The molecule has 3 heterocycles. The van der Waals surface area contributed by atoms with Crippen molar-refractivity contribution in [1.82, 2.24) is 10.2 Å². The van der Waals surface area contributed by atoms with Gasteiger partial charge < -0.3 is 15.0 Å². The number of amides is 1. The summed E-state index contributed by atoms with van der Waals surface area (Å²) in [5.41, 5.74) is 0.666. The van der Waals surface area contributed by atoms with Crippen LogP contribution in [0.15, 0.2) is 35.7 Å². The summed E-state index contributed by atoms with van der Waals surface area (Å²) in [7, 11) is 0. The molecule has 24 heavy (non-hydrogen) atoms. The molecule has 2 aromatic rings. The summed E-state index contributed by atoms with van der Waals surface area (Å²) in [5.74, 6) is 1.44. The molecule has 2 aliphatic rings. The average Bonchev–Trinajstić information content (AvgIpc) is 3.13. The average molecular weight is 363 g/mol. The quantitative estimate of drug-likeness (QED) is 0.893. The maximum absolute atomic E-state index is 12.4. The van der Waals surface area contributed by atoms with E-state index in [4.69, 9.17) is 16.3 Å². The van der Waals surface area contributed by atoms with Crippen LogP contribution >= 0.6 is 22.9 Å². The molecule has 2 bridgehead atoms. The summed E-state index contributed by atoms with van der Waals surface area (Å²) in [6, 6.07) is 9.28. The number of hydrogen-bond acceptors (Lipinski definition) is 4. The normalized spacial score (nSPS) is 25.5. The first kappa shape index (κ1) is 15.9. The number of hydrogen-bond donors (Lipinski definition) is 1. The molecule has 0 spiro atoms. The van der Waals surface area contributed by atoms with Gasteiger partial charge in [0, 0.05) is 36.1 Å². The van der Waals surface area contributed by atoms with Crippen molar-refractivity contribution >= 4 is 28.8 Å². The van der Waals surface area contributed by atoms with Crippen molar-refractivity contribution in [3.63, 3.8) is 0 Å². The number of nitrogens with zero attached hydrogens (tertiary/aromatic N) is 1. The monoisotopic (exact) mass is 362 g/mol. The Kier molecular flexibility index (Phi) is 4.48. The number of halogens is 1. The summed E-state index contributed by atoms with van der Waals surface area (Å²) in [4.78, 5) is 14.9. The largest absolute Gasteiger partial charge is 0.447 e. The van der Waals surface area contributed by atoms with Crippen molar-refractivity contribution < 1.29 is 9.53 Å². The molecule has 6 heteroatoms. The van der Waals surface area contributed by atoms with Gasteiger partial charge in [0.15, 0.2) is 5.06 Å². The minimum absolute atomic E-state index is 0.00628. The van der Waals surface area contributed by atoms with Crippen LogP contribution in [-0.2, 0) is 0 Å². The lowest BCUT2D eigenvalue weighted by Crippen LogP contribution is -2.46. The smallest absolute Gasteiger partial charge is 0.251 e. The summed E-state index contributed by atoms with van der Waals surface area (Å²) < 4.78 is 5.72. The molecular weight excluding hydrogens is 344 g/mol. The van der Waals surface area contributed by atoms with E-state index < -0.39 is 0 Å². The molecule has 4 rings (SSSR count). The molecular formula is C18H19ClN2O2S. The standard InChI is InChI=1S/C18H19ClN2O2S/c19-14-8-17(24-11-14)23-16-3-1-13(2-4-16)18(22)20-15-7-12-5-6-21(9-12)10-15/h1-4,8,11-12,15H,5-7,9-10H2,(H,20,22)/t12-,15+/m0/s1. The van der Waals surface area contributed by atoms with Gasteiger partial charge in [0.05, 0.1) is 5.02 Å². The van der Waals surface area contributed by atoms with E-state index in [1.807, 2.05) is 17.5 Å². The SMILES string of the molecule is O=C(N[C@@H]1C[C@@H]2CCN(C2)C1)c1ccc(Oc2cc(Cl)cs2)cc1. The van der Waals surface area contributed by atoms with E-state index in [0.29, 0.717) is 16.3 Å². The van der Waals surface area contributed by atoms with Crippen LogP contribution in [0.1, 0.15) is 23.2 Å². The minimum Gasteiger partial charge on any atom is -0.447 e. The van der Waals surface area contributed by atoms with Gasteiger partial charge in [-0.3, -0.25) is 4.79 Å². The minimum atomic E-state index is -0.00628. The van der Waals surface area contributed by atoms with Crippen LogP contribution in [-0.4, -0.2) is 36.5 Å². The highest BCUT2D eigenvalue weighted by atomic mass is 35.5. The Bertz CT molecular complexity index is 719. The van der Waals surface area contributed by atoms with Crippen molar-refractivity contribution in [2.45, 2.75) is 18.9 Å². The van der Waals surface area contributed by atoms with Crippen LogP contribution in [0.2, 0.25) is 5.02 Å². The first-order chi connectivity index (χ1) is 11.7. The molecule has 1 unspecified atom stereocenters. The molecule has 2 aliphatic heterocycles. The van der Waals surface area contributed by atoms with E-state index in [1.165, 1.54) is 30.8 Å². The van der Waals surface area contributed by atoms with Crippen LogP contribution < -0.4 is 10.1 Å². The fourth-order valence-corrected chi connectivity index (χ4v) is 4.51. The van der Waals surface area contributed by atoms with Gasteiger partial charge in [0.1, 0.15) is 5.75 Å². The molecule has 1 aromatic carbocycles. The number of ether oxygens (including phenoxy) is 1. The Morgan fingerprint density at radius 2 is 2.12 bits per heavy atom. The van der Waals surface area contributed by atoms with Gasteiger partial charge in [-0.25, -0.2) is 0 Å².